The van der Waals surface area contributed by atoms with Crippen molar-refractivity contribution in [3.8, 4) is 0 Å². The van der Waals surface area contributed by atoms with Crippen LogP contribution in [0, 0.1) is 0 Å². The van der Waals surface area contributed by atoms with Gasteiger partial charge in [-0.3, -0.25) is 4.79 Å². The molecule has 1 heterocycles. The first kappa shape index (κ1) is 14.8. The van der Waals surface area contributed by atoms with Gasteiger partial charge < -0.3 is 0 Å². The summed E-state index contributed by atoms with van der Waals surface area (Å²) < 4.78 is -0.0442. The number of thioether (sulfide) groups is 2. The molecule has 0 aromatic carbocycles. The van der Waals surface area contributed by atoms with E-state index in [0.29, 0.717) is 5.78 Å². The van der Waals surface area contributed by atoms with Gasteiger partial charge >= 0.3 is 0 Å². The molecule has 0 unspecified atom stereocenters. The Morgan fingerprint density at radius 2 is 1.28 bits per heavy atom. The second kappa shape index (κ2) is 7.84. The first-order chi connectivity index (χ1) is 8.83. The molecular formula is C15H26OS2. The molecule has 1 aliphatic heterocycles. The molecule has 0 bridgehead atoms. The molecule has 18 heavy (non-hydrogen) atoms. The molecule has 0 aromatic rings. The van der Waals surface area contributed by atoms with Crippen LogP contribution in [0.5, 0.6) is 0 Å². The summed E-state index contributed by atoms with van der Waals surface area (Å²) in [5.41, 5.74) is 0. The summed E-state index contributed by atoms with van der Waals surface area (Å²) in [5, 5.41) is 0. The van der Waals surface area contributed by atoms with Crippen molar-refractivity contribution in [1.29, 1.82) is 0 Å². The molecule has 1 aliphatic carbocycles. The van der Waals surface area contributed by atoms with Crippen molar-refractivity contribution in [3.05, 3.63) is 0 Å². The zero-order valence-electron chi connectivity index (χ0n) is 11.4. The van der Waals surface area contributed by atoms with Gasteiger partial charge in [-0.1, -0.05) is 44.9 Å². The highest BCUT2D eigenvalue weighted by Crippen LogP contribution is 2.47. The number of Topliss-reactive ketones (excluding diaryl/α,β-unsaturated/α-hetero) is 1. The van der Waals surface area contributed by atoms with Gasteiger partial charge in [-0.2, -0.15) is 0 Å². The first-order valence-electron chi connectivity index (χ1n) is 7.65. The Bertz CT molecular complexity index is 259. The van der Waals surface area contributed by atoms with Gasteiger partial charge in [0.25, 0.3) is 0 Å². The molecule has 0 radical (unpaired) electrons. The van der Waals surface area contributed by atoms with Crippen LogP contribution in [-0.4, -0.2) is 21.4 Å². The van der Waals surface area contributed by atoms with E-state index in [0.717, 1.165) is 19.3 Å². The number of hydrogen-bond acceptors (Lipinski definition) is 3. The minimum Gasteiger partial charge on any atom is -0.297 e. The maximum atomic E-state index is 12.6. The fourth-order valence-corrected chi connectivity index (χ4v) is 6.27. The van der Waals surface area contributed by atoms with Gasteiger partial charge in [0.1, 0.15) is 4.08 Å². The lowest BCUT2D eigenvalue weighted by atomic mass is 9.99. The molecule has 3 heteroatoms. The van der Waals surface area contributed by atoms with Crippen molar-refractivity contribution in [2.75, 3.05) is 11.5 Å². The smallest absolute Gasteiger partial charge is 0.158 e. The SMILES string of the molecule is O=C1CCCCCCCCCCC12SCCCS2. The predicted molar refractivity (Wildman–Crippen MR) is 83.4 cm³/mol. The van der Waals surface area contributed by atoms with Crippen molar-refractivity contribution in [2.24, 2.45) is 0 Å². The summed E-state index contributed by atoms with van der Waals surface area (Å²) in [6.07, 6.45) is 13.7. The highest BCUT2D eigenvalue weighted by molar-refractivity contribution is 8.19. The first-order valence-corrected chi connectivity index (χ1v) is 9.62. The van der Waals surface area contributed by atoms with E-state index in [-0.39, 0.29) is 4.08 Å². The van der Waals surface area contributed by atoms with Crippen molar-refractivity contribution < 1.29 is 4.79 Å². The van der Waals surface area contributed by atoms with Crippen LogP contribution in [-0.2, 0) is 4.79 Å². The maximum absolute atomic E-state index is 12.6. The van der Waals surface area contributed by atoms with Gasteiger partial charge in [-0.05, 0) is 30.8 Å². The van der Waals surface area contributed by atoms with E-state index in [4.69, 9.17) is 0 Å². The summed E-state index contributed by atoms with van der Waals surface area (Å²) in [5.74, 6) is 2.94. The lowest BCUT2D eigenvalue weighted by Crippen LogP contribution is -2.35. The average molecular weight is 287 g/mol. The summed E-state index contributed by atoms with van der Waals surface area (Å²) in [7, 11) is 0. The molecule has 1 saturated heterocycles. The second-order valence-corrected chi connectivity index (χ2v) is 8.60. The van der Waals surface area contributed by atoms with Crippen LogP contribution in [0.15, 0.2) is 0 Å². The Hall–Kier alpha value is 0.370. The number of rotatable bonds is 0. The Morgan fingerprint density at radius 1 is 0.722 bits per heavy atom. The Kier molecular flexibility index (Phi) is 6.43. The van der Waals surface area contributed by atoms with E-state index in [2.05, 4.69) is 0 Å². The van der Waals surface area contributed by atoms with Crippen molar-refractivity contribution in [2.45, 2.75) is 74.7 Å². The third-order valence-electron chi connectivity index (χ3n) is 4.04. The molecule has 2 rings (SSSR count). The molecule has 2 fully saturated rings. The molecule has 0 N–H and O–H groups in total. The van der Waals surface area contributed by atoms with Gasteiger partial charge in [0, 0.05) is 6.42 Å². The van der Waals surface area contributed by atoms with Gasteiger partial charge in [-0.15, -0.1) is 23.5 Å². The van der Waals surface area contributed by atoms with Crippen LogP contribution in [0.4, 0.5) is 0 Å². The second-order valence-electron chi connectivity index (χ2n) is 5.55. The molecule has 104 valence electrons. The fourth-order valence-electron chi connectivity index (χ4n) is 2.91. The average Bonchev–Trinajstić information content (AvgIpc) is 2.40. The number of ketones is 1. The standard InChI is InChI=1S/C15H26OS2/c16-14-10-7-5-3-1-2-4-6-8-11-15(14)17-12-9-13-18-15/h1-13H2. The Labute approximate surface area is 120 Å². The van der Waals surface area contributed by atoms with Crippen LogP contribution in [0.2, 0.25) is 0 Å². The largest absolute Gasteiger partial charge is 0.297 e. The molecule has 0 atom stereocenters. The van der Waals surface area contributed by atoms with Crippen LogP contribution in [0.25, 0.3) is 0 Å². The van der Waals surface area contributed by atoms with Gasteiger partial charge in [0.15, 0.2) is 5.78 Å². The predicted octanol–water partition coefficient (Wildman–Crippen LogP) is 5.04. The molecule has 2 aliphatic rings. The van der Waals surface area contributed by atoms with E-state index in [1.807, 2.05) is 23.5 Å². The van der Waals surface area contributed by atoms with E-state index in [9.17, 15) is 4.79 Å². The highest BCUT2D eigenvalue weighted by atomic mass is 32.2. The lowest BCUT2D eigenvalue weighted by Gasteiger charge is -2.35. The number of carbonyl (C=O) groups excluding carboxylic acids is 1. The van der Waals surface area contributed by atoms with E-state index < -0.39 is 0 Å². The number of carbonyl (C=O) groups is 1. The van der Waals surface area contributed by atoms with E-state index in [1.54, 1.807) is 0 Å². The Balaban J connectivity index is 1.95. The van der Waals surface area contributed by atoms with E-state index >= 15 is 0 Å². The van der Waals surface area contributed by atoms with Gasteiger partial charge in [-0.25, -0.2) is 0 Å². The van der Waals surface area contributed by atoms with Crippen molar-refractivity contribution in [1.82, 2.24) is 0 Å². The molecular weight excluding hydrogens is 260 g/mol. The van der Waals surface area contributed by atoms with Crippen LogP contribution in [0.3, 0.4) is 0 Å². The molecule has 1 saturated carbocycles. The summed E-state index contributed by atoms with van der Waals surface area (Å²) >= 11 is 3.92. The van der Waals surface area contributed by atoms with E-state index in [1.165, 1.54) is 62.9 Å². The Morgan fingerprint density at radius 3 is 1.94 bits per heavy atom. The molecule has 1 nitrogen and oxygen atoms in total. The third-order valence-corrected chi connectivity index (χ3v) is 7.53. The molecule has 0 amide bonds. The quantitative estimate of drug-likeness (QED) is 0.621. The zero-order valence-corrected chi connectivity index (χ0v) is 13.1. The number of hydrogen-bond donors (Lipinski definition) is 0. The maximum Gasteiger partial charge on any atom is 0.158 e. The summed E-state index contributed by atoms with van der Waals surface area (Å²) in [4.78, 5) is 12.6. The minimum absolute atomic E-state index is 0.0442. The fraction of sp³-hybridized carbons (Fsp3) is 0.933. The van der Waals surface area contributed by atoms with Crippen LogP contribution < -0.4 is 0 Å². The van der Waals surface area contributed by atoms with Crippen molar-refractivity contribution >= 4 is 29.3 Å². The zero-order chi connectivity index (χ0) is 12.7. The molecule has 0 aromatic heterocycles. The van der Waals surface area contributed by atoms with Crippen LogP contribution in [0.1, 0.15) is 70.6 Å². The molecule has 1 spiro atoms. The van der Waals surface area contributed by atoms with Crippen molar-refractivity contribution in [3.63, 3.8) is 0 Å². The summed E-state index contributed by atoms with van der Waals surface area (Å²) in [6, 6.07) is 0. The lowest BCUT2D eigenvalue weighted by molar-refractivity contribution is -0.119. The summed E-state index contributed by atoms with van der Waals surface area (Å²) in [6.45, 7) is 0. The minimum atomic E-state index is -0.0442. The van der Waals surface area contributed by atoms with Gasteiger partial charge in [0.2, 0.25) is 0 Å². The third kappa shape index (κ3) is 4.19. The topological polar surface area (TPSA) is 17.1 Å². The normalized spacial score (nSPS) is 27.4. The van der Waals surface area contributed by atoms with Gasteiger partial charge in [0.05, 0.1) is 0 Å². The monoisotopic (exact) mass is 286 g/mol. The van der Waals surface area contributed by atoms with Crippen LogP contribution >= 0.6 is 23.5 Å². The highest BCUT2D eigenvalue weighted by Gasteiger charge is 2.39.